The van der Waals surface area contributed by atoms with Gasteiger partial charge in [0.1, 0.15) is 0 Å². The molecule has 0 aromatic heterocycles. The molecule has 1 fully saturated rings. The first-order valence-corrected chi connectivity index (χ1v) is 5.68. The fourth-order valence-corrected chi connectivity index (χ4v) is 1.80. The van der Waals surface area contributed by atoms with Crippen LogP contribution in [0.3, 0.4) is 0 Å². The highest BCUT2D eigenvalue weighted by molar-refractivity contribution is 5.93. The van der Waals surface area contributed by atoms with Gasteiger partial charge in [-0.2, -0.15) is 5.26 Å². The van der Waals surface area contributed by atoms with Crippen LogP contribution in [0.4, 0.5) is 5.69 Å². The van der Waals surface area contributed by atoms with E-state index >= 15 is 0 Å². The van der Waals surface area contributed by atoms with Gasteiger partial charge in [0.2, 0.25) is 5.91 Å². The molecule has 0 aliphatic carbocycles. The molecule has 1 amide bonds. The third-order valence-electron chi connectivity index (χ3n) is 3.07. The van der Waals surface area contributed by atoms with E-state index in [1.165, 1.54) is 0 Å². The maximum absolute atomic E-state index is 12.0. The van der Waals surface area contributed by atoms with Gasteiger partial charge in [-0.3, -0.25) is 4.79 Å². The molecule has 1 aliphatic rings. The van der Waals surface area contributed by atoms with Gasteiger partial charge in [-0.15, -0.1) is 0 Å². The molecule has 1 heterocycles. The standard InChI is InChI=1S/C13H15N3O/c1-16(13(17)6-11-8-15-9-11)12-4-2-3-10(5-12)7-14/h2-5,11,15H,6,8-9H2,1H3. The number of nitrogens with zero attached hydrogens (tertiary/aromatic N) is 2. The van der Waals surface area contributed by atoms with Crippen LogP contribution in [0.15, 0.2) is 24.3 Å². The summed E-state index contributed by atoms with van der Waals surface area (Å²) in [6, 6.07) is 9.18. The number of anilines is 1. The molecule has 88 valence electrons. The molecule has 1 aromatic rings. The third-order valence-corrected chi connectivity index (χ3v) is 3.07. The molecule has 0 spiro atoms. The van der Waals surface area contributed by atoms with Crippen LogP contribution in [0.1, 0.15) is 12.0 Å². The third kappa shape index (κ3) is 2.63. The van der Waals surface area contributed by atoms with Gasteiger partial charge in [0.15, 0.2) is 0 Å². The Morgan fingerprint density at radius 2 is 2.35 bits per heavy atom. The van der Waals surface area contributed by atoms with Gasteiger partial charge in [-0.25, -0.2) is 0 Å². The van der Waals surface area contributed by atoms with Crippen molar-refractivity contribution in [1.82, 2.24) is 5.32 Å². The zero-order chi connectivity index (χ0) is 12.3. The predicted molar refractivity (Wildman–Crippen MR) is 65.5 cm³/mol. The van der Waals surface area contributed by atoms with E-state index in [9.17, 15) is 4.79 Å². The van der Waals surface area contributed by atoms with E-state index in [-0.39, 0.29) is 5.91 Å². The van der Waals surface area contributed by atoms with Crippen LogP contribution in [0.2, 0.25) is 0 Å². The number of rotatable bonds is 3. The SMILES string of the molecule is CN(C(=O)CC1CNC1)c1cccc(C#N)c1. The summed E-state index contributed by atoms with van der Waals surface area (Å²) in [6.45, 7) is 1.86. The lowest BCUT2D eigenvalue weighted by Gasteiger charge is -2.28. The summed E-state index contributed by atoms with van der Waals surface area (Å²) in [5, 5.41) is 12.0. The molecule has 4 nitrogen and oxygen atoms in total. The Bertz CT molecular complexity index is 460. The fraction of sp³-hybridized carbons (Fsp3) is 0.385. The quantitative estimate of drug-likeness (QED) is 0.845. The summed E-state index contributed by atoms with van der Waals surface area (Å²) >= 11 is 0. The van der Waals surface area contributed by atoms with E-state index in [4.69, 9.17) is 5.26 Å². The zero-order valence-corrected chi connectivity index (χ0v) is 9.81. The van der Waals surface area contributed by atoms with E-state index < -0.39 is 0 Å². The summed E-state index contributed by atoms with van der Waals surface area (Å²) in [7, 11) is 1.75. The highest BCUT2D eigenvalue weighted by Gasteiger charge is 2.22. The molecule has 1 aromatic carbocycles. The molecular formula is C13H15N3O. The Morgan fingerprint density at radius 1 is 1.59 bits per heavy atom. The van der Waals surface area contributed by atoms with Gasteiger partial charge in [0, 0.05) is 19.2 Å². The maximum Gasteiger partial charge on any atom is 0.227 e. The van der Waals surface area contributed by atoms with E-state index in [2.05, 4.69) is 11.4 Å². The second-order valence-electron chi connectivity index (χ2n) is 4.34. The van der Waals surface area contributed by atoms with Gasteiger partial charge >= 0.3 is 0 Å². The molecule has 0 saturated carbocycles. The minimum Gasteiger partial charge on any atom is -0.316 e. The second-order valence-corrected chi connectivity index (χ2v) is 4.34. The lowest BCUT2D eigenvalue weighted by Crippen LogP contribution is -2.44. The molecule has 1 aliphatic heterocycles. The summed E-state index contributed by atoms with van der Waals surface area (Å²) in [5.41, 5.74) is 1.36. The molecule has 0 atom stereocenters. The minimum absolute atomic E-state index is 0.103. The van der Waals surface area contributed by atoms with Gasteiger partial charge < -0.3 is 10.2 Å². The smallest absolute Gasteiger partial charge is 0.227 e. The number of benzene rings is 1. The van der Waals surface area contributed by atoms with Crippen molar-refractivity contribution in [2.45, 2.75) is 6.42 Å². The number of carbonyl (C=O) groups excluding carboxylic acids is 1. The zero-order valence-electron chi connectivity index (χ0n) is 9.81. The van der Waals surface area contributed by atoms with Crippen molar-refractivity contribution < 1.29 is 4.79 Å². The normalized spacial score (nSPS) is 14.8. The number of amides is 1. The highest BCUT2D eigenvalue weighted by atomic mass is 16.2. The molecule has 1 N–H and O–H groups in total. The summed E-state index contributed by atoms with van der Waals surface area (Å²) < 4.78 is 0. The molecule has 4 heteroatoms. The molecule has 17 heavy (non-hydrogen) atoms. The van der Waals surface area contributed by atoms with Gasteiger partial charge in [-0.1, -0.05) is 6.07 Å². The van der Waals surface area contributed by atoms with Crippen LogP contribution < -0.4 is 10.2 Å². The molecule has 0 bridgehead atoms. The maximum atomic E-state index is 12.0. The Hall–Kier alpha value is -1.86. The van der Waals surface area contributed by atoms with E-state index in [0.717, 1.165) is 18.8 Å². The van der Waals surface area contributed by atoms with Crippen molar-refractivity contribution in [3.63, 3.8) is 0 Å². The largest absolute Gasteiger partial charge is 0.316 e. The van der Waals surface area contributed by atoms with Crippen molar-refractivity contribution in [2.24, 2.45) is 5.92 Å². The summed E-state index contributed by atoms with van der Waals surface area (Å²) in [4.78, 5) is 13.6. The van der Waals surface area contributed by atoms with Crippen molar-refractivity contribution >= 4 is 11.6 Å². The van der Waals surface area contributed by atoms with Crippen molar-refractivity contribution in [1.29, 1.82) is 5.26 Å². The monoisotopic (exact) mass is 229 g/mol. The summed E-state index contributed by atoms with van der Waals surface area (Å²) in [6.07, 6.45) is 0.570. The molecular weight excluding hydrogens is 214 g/mol. The number of nitriles is 1. The molecule has 1 saturated heterocycles. The molecule has 0 unspecified atom stereocenters. The Kier molecular flexibility index (Phi) is 3.40. The lowest BCUT2D eigenvalue weighted by atomic mass is 9.98. The first-order valence-electron chi connectivity index (χ1n) is 5.68. The fourth-order valence-electron chi connectivity index (χ4n) is 1.80. The van der Waals surface area contributed by atoms with Gasteiger partial charge in [0.25, 0.3) is 0 Å². The first-order chi connectivity index (χ1) is 8.20. The highest BCUT2D eigenvalue weighted by Crippen LogP contribution is 2.17. The first kappa shape index (κ1) is 11.6. The summed E-state index contributed by atoms with van der Waals surface area (Å²) in [5.74, 6) is 0.565. The van der Waals surface area contributed by atoms with Crippen molar-refractivity contribution in [2.75, 3.05) is 25.0 Å². The second kappa shape index (κ2) is 4.98. The molecule has 0 radical (unpaired) electrons. The van der Waals surface area contributed by atoms with Crippen LogP contribution in [0.25, 0.3) is 0 Å². The van der Waals surface area contributed by atoms with Gasteiger partial charge in [-0.05, 0) is 37.2 Å². The predicted octanol–water partition coefficient (Wildman–Crippen LogP) is 1.13. The number of nitrogens with one attached hydrogen (secondary N) is 1. The average Bonchev–Trinajstić information content (AvgIpc) is 2.32. The Morgan fingerprint density at radius 3 is 2.94 bits per heavy atom. The van der Waals surface area contributed by atoms with E-state index in [0.29, 0.717) is 17.9 Å². The molecule has 2 rings (SSSR count). The van der Waals surface area contributed by atoms with Crippen LogP contribution in [0, 0.1) is 17.2 Å². The van der Waals surface area contributed by atoms with Crippen LogP contribution in [-0.2, 0) is 4.79 Å². The van der Waals surface area contributed by atoms with Gasteiger partial charge in [0.05, 0.1) is 11.6 Å². The average molecular weight is 229 g/mol. The van der Waals surface area contributed by atoms with Crippen LogP contribution in [-0.4, -0.2) is 26.0 Å². The number of hydrogen-bond donors (Lipinski definition) is 1. The Labute approximate surface area is 101 Å². The topological polar surface area (TPSA) is 56.1 Å². The lowest BCUT2D eigenvalue weighted by molar-refractivity contribution is -0.119. The van der Waals surface area contributed by atoms with E-state index in [1.807, 2.05) is 6.07 Å². The van der Waals surface area contributed by atoms with Crippen LogP contribution in [0.5, 0.6) is 0 Å². The van der Waals surface area contributed by atoms with Crippen molar-refractivity contribution in [3.8, 4) is 6.07 Å². The van der Waals surface area contributed by atoms with Crippen LogP contribution >= 0.6 is 0 Å². The van der Waals surface area contributed by atoms with Crippen molar-refractivity contribution in [3.05, 3.63) is 29.8 Å². The van der Waals surface area contributed by atoms with E-state index in [1.54, 1.807) is 30.1 Å². The Balaban J connectivity index is 2.04. The minimum atomic E-state index is 0.103. The number of hydrogen-bond acceptors (Lipinski definition) is 3. The number of carbonyl (C=O) groups is 1.